The predicted octanol–water partition coefficient (Wildman–Crippen LogP) is 5.77. The highest BCUT2D eigenvalue weighted by Gasteiger charge is 2.20. The van der Waals surface area contributed by atoms with Crippen molar-refractivity contribution in [3.63, 3.8) is 0 Å². The summed E-state index contributed by atoms with van der Waals surface area (Å²) in [6.07, 6.45) is 3.41. The zero-order valence-corrected chi connectivity index (χ0v) is 20.4. The van der Waals surface area contributed by atoms with Crippen LogP contribution in [0.4, 0.5) is 15.8 Å². The summed E-state index contributed by atoms with van der Waals surface area (Å²) < 4.78 is 35.9. The van der Waals surface area contributed by atoms with Gasteiger partial charge in [0.2, 0.25) is 11.8 Å². The van der Waals surface area contributed by atoms with Crippen LogP contribution in [0.3, 0.4) is 0 Å². The minimum absolute atomic E-state index is 0.141. The van der Waals surface area contributed by atoms with Gasteiger partial charge < -0.3 is 24.8 Å². The lowest BCUT2D eigenvalue weighted by atomic mass is 10.1. The first-order valence-corrected chi connectivity index (χ1v) is 12.4. The normalized spacial score (nSPS) is 12.8. The number of nitrogens with zero attached hydrogens (tertiary/aromatic N) is 3. The van der Waals surface area contributed by atoms with Crippen LogP contribution < -0.4 is 24.8 Å². The molecule has 0 spiro atoms. The molecule has 0 bridgehead atoms. The number of nitrogens with one attached hydrogen (secondary N) is 2. The molecule has 184 valence electrons. The van der Waals surface area contributed by atoms with E-state index in [9.17, 15) is 9.65 Å². The summed E-state index contributed by atoms with van der Waals surface area (Å²) in [6.45, 7) is 1.49. The molecule has 5 rings (SSSR count). The average molecular weight is 506 g/mol. The van der Waals surface area contributed by atoms with Crippen molar-refractivity contribution in [2.75, 3.05) is 25.6 Å². The van der Waals surface area contributed by atoms with Gasteiger partial charge in [-0.15, -0.1) is 0 Å². The fourth-order valence-electron chi connectivity index (χ4n) is 3.72. The lowest BCUT2D eigenvalue weighted by Gasteiger charge is -2.16. The minimum Gasteiger partial charge on any atom is -0.493 e. The highest BCUT2D eigenvalue weighted by Crippen LogP contribution is 2.37. The quantitative estimate of drug-likeness (QED) is 0.248. The lowest BCUT2D eigenvalue weighted by Crippen LogP contribution is -2.19. The van der Waals surface area contributed by atoms with E-state index in [2.05, 4.69) is 26.1 Å². The summed E-state index contributed by atoms with van der Waals surface area (Å²) in [5.41, 5.74) is 1.31. The Kier molecular flexibility index (Phi) is 7.11. The number of methoxy groups -OCH3 is 1. The van der Waals surface area contributed by atoms with Gasteiger partial charge in [-0.05, 0) is 61.6 Å². The van der Waals surface area contributed by atoms with E-state index >= 15 is 0 Å². The van der Waals surface area contributed by atoms with Gasteiger partial charge in [0, 0.05) is 35.0 Å². The number of anilines is 2. The zero-order chi connectivity index (χ0) is 24.9. The molecule has 2 N–H and O–H groups in total. The van der Waals surface area contributed by atoms with E-state index in [0.29, 0.717) is 46.6 Å². The van der Waals surface area contributed by atoms with Gasteiger partial charge in [-0.25, -0.2) is 9.37 Å². The molecule has 0 amide bonds. The van der Waals surface area contributed by atoms with Crippen LogP contribution in [0.2, 0.25) is 0 Å². The molecule has 0 saturated heterocycles. The van der Waals surface area contributed by atoms with Gasteiger partial charge in [0.15, 0.2) is 0 Å². The molecule has 10 heteroatoms. The number of ether oxygens (including phenoxy) is 3. The predicted molar refractivity (Wildman–Crippen MR) is 136 cm³/mol. The van der Waals surface area contributed by atoms with Crippen LogP contribution in [0, 0.1) is 17.1 Å². The zero-order valence-electron chi connectivity index (χ0n) is 19.6. The Morgan fingerprint density at radius 3 is 2.75 bits per heavy atom. The number of aromatic nitrogens is 2. The molecule has 36 heavy (non-hydrogen) atoms. The van der Waals surface area contributed by atoms with E-state index in [1.165, 1.54) is 37.6 Å². The van der Waals surface area contributed by atoms with Gasteiger partial charge >= 0.3 is 0 Å². The molecular formula is C26H24FN5O3S. The number of benzene rings is 2. The molecule has 8 nitrogen and oxygen atoms in total. The largest absolute Gasteiger partial charge is 0.493 e. The number of hydrogen-bond acceptors (Lipinski definition) is 9. The molecule has 0 radical (unpaired) electrons. The summed E-state index contributed by atoms with van der Waals surface area (Å²) in [5.74, 6) is 0.969. The second-order valence-corrected chi connectivity index (χ2v) is 8.96. The van der Waals surface area contributed by atoms with E-state index in [1.54, 1.807) is 35.7 Å². The molecule has 1 saturated carbocycles. The molecule has 0 aliphatic heterocycles. The van der Waals surface area contributed by atoms with E-state index in [-0.39, 0.29) is 17.1 Å². The van der Waals surface area contributed by atoms with Crippen LogP contribution in [0.25, 0.3) is 10.9 Å². The van der Waals surface area contributed by atoms with Crippen molar-refractivity contribution in [2.24, 2.45) is 0 Å². The Balaban J connectivity index is 1.39. The van der Waals surface area contributed by atoms with Crippen molar-refractivity contribution in [1.82, 2.24) is 14.7 Å². The Bertz CT molecular complexity index is 1400. The monoisotopic (exact) mass is 505 g/mol. The van der Waals surface area contributed by atoms with Gasteiger partial charge in [-0.3, -0.25) is 0 Å². The first kappa shape index (κ1) is 23.8. The lowest BCUT2D eigenvalue weighted by molar-refractivity contribution is 0.308. The van der Waals surface area contributed by atoms with Crippen molar-refractivity contribution in [3.8, 4) is 29.3 Å². The number of rotatable bonds is 11. The van der Waals surface area contributed by atoms with Crippen molar-refractivity contribution in [2.45, 2.75) is 25.3 Å². The summed E-state index contributed by atoms with van der Waals surface area (Å²) in [5, 5.41) is 18.8. The molecule has 2 aromatic heterocycles. The Hall–Kier alpha value is -3.94. The van der Waals surface area contributed by atoms with Crippen molar-refractivity contribution in [1.29, 1.82) is 5.26 Å². The van der Waals surface area contributed by atoms with Crippen LogP contribution in [0.1, 0.15) is 24.8 Å². The number of fused-ring (bicyclic) bond motifs is 1. The second kappa shape index (κ2) is 10.8. The number of pyridine rings is 1. The van der Waals surface area contributed by atoms with Crippen molar-refractivity contribution in [3.05, 3.63) is 59.2 Å². The van der Waals surface area contributed by atoms with Gasteiger partial charge in [0.25, 0.3) is 0 Å². The van der Waals surface area contributed by atoms with Gasteiger partial charge in [-0.2, -0.15) is 9.64 Å². The van der Waals surface area contributed by atoms with E-state index in [4.69, 9.17) is 14.2 Å². The summed E-state index contributed by atoms with van der Waals surface area (Å²) in [7, 11) is 1.44. The maximum Gasteiger partial charge on any atom is 0.234 e. The number of halogens is 1. The van der Waals surface area contributed by atoms with Crippen LogP contribution >= 0.6 is 11.5 Å². The first-order chi connectivity index (χ1) is 17.6. The van der Waals surface area contributed by atoms with Crippen molar-refractivity contribution < 1.29 is 18.6 Å². The first-order valence-electron chi connectivity index (χ1n) is 11.6. The third-order valence-corrected chi connectivity index (χ3v) is 6.21. The molecule has 1 aliphatic rings. The third-order valence-electron chi connectivity index (χ3n) is 5.67. The molecule has 0 atom stereocenters. The fraction of sp³-hybridized carbons (Fsp3) is 0.269. The van der Waals surface area contributed by atoms with Crippen LogP contribution in [-0.4, -0.2) is 35.7 Å². The minimum atomic E-state index is -0.546. The molecule has 1 aliphatic carbocycles. The molecule has 1 fully saturated rings. The van der Waals surface area contributed by atoms with Crippen LogP contribution in [-0.2, 0) is 0 Å². The van der Waals surface area contributed by atoms with E-state index in [0.717, 1.165) is 13.0 Å². The van der Waals surface area contributed by atoms with E-state index < -0.39 is 5.82 Å². The fourth-order valence-corrected chi connectivity index (χ4v) is 4.16. The summed E-state index contributed by atoms with van der Waals surface area (Å²) >= 11 is 1.25. The van der Waals surface area contributed by atoms with Gasteiger partial charge in [0.1, 0.15) is 28.9 Å². The number of nitriles is 1. The molecular weight excluding hydrogens is 481 g/mol. The smallest absolute Gasteiger partial charge is 0.234 e. The Morgan fingerprint density at radius 2 is 2.03 bits per heavy atom. The highest BCUT2D eigenvalue weighted by atomic mass is 32.1. The SMILES string of the molecule is COc1nc2cc(OCCCNC3CC3)ccc2c(Nc2ccc(Oc3ccsn3)cc2F)c1C#N. The van der Waals surface area contributed by atoms with Crippen LogP contribution in [0.15, 0.2) is 47.8 Å². The molecule has 0 unspecified atom stereocenters. The van der Waals surface area contributed by atoms with Crippen LogP contribution in [0.5, 0.6) is 23.3 Å². The van der Waals surface area contributed by atoms with Gasteiger partial charge in [0.05, 0.1) is 30.6 Å². The van der Waals surface area contributed by atoms with Gasteiger partial charge in [-0.1, -0.05) is 0 Å². The Morgan fingerprint density at radius 1 is 1.17 bits per heavy atom. The van der Waals surface area contributed by atoms with E-state index in [1.807, 2.05) is 6.07 Å². The number of hydrogen-bond donors (Lipinski definition) is 2. The molecule has 2 aromatic carbocycles. The standard InChI is InChI=1S/C26H24FN5O3S/c1-33-26-20(15-28)25(30-22-8-6-18(13-21(22)27)35-24-9-12-36-32-24)19-7-5-17(14-23(19)31-26)34-11-2-10-29-16-3-4-16/h5-9,12-14,16,29H,2-4,10-11H2,1H3,(H,30,31). The molecule has 4 aromatic rings. The van der Waals surface area contributed by atoms with Crippen molar-refractivity contribution >= 4 is 33.8 Å². The summed E-state index contributed by atoms with van der Waals surface area (Å²) in [4.78, 5) is 4.48. The highest BCUT2D eigenvalue weighted by molar-refractivity contribution is 7.03. The molecule has 2 heterocycles. The topological polar surface area (TPSA) is 101 Å². The third kappa shape index (κ3) is 5.48. The maximum absolute atomic E-state index is 15.0. The second-order valence-electron chi connectivity index (χ2n) is 8.30. The summed E-state index contributed by atoms with van der Waals surface area (Å²) in [6, 6.07) is 14.3. The maximum atomic E-state index is 15.0. The average Bonchev–Trinajstić information content (AvgIpc) is 3.57. The Labute approximate surface area is 211 Å².